The molecule has 5 aromatic rings. The number of ketones is 1. The second-order valence-corrected chi connectivity index (χ2v) is 12.6. The monoisotopic (exact) mass is 683 g/mol. The summed E-state index contributed by atoms with van der Waals surface area (Å²) in [5.74, 6) is -1.75. The number of amides is 1. The van der Waals surface area contributed by atoms with Gasteiger partial charge in [-0.3, -0.25) is 14.5 Å². The molecule has 0 fully saturated rings. The molecule has 1 aliphatic rings. The van der Waals surface area contributed by atoms with E-state index in [0.717, 1.165) is 16.9 Å². The largest absolute Gasteiger partial charge is 0.503 e. The van der Waals surface area contributed by atoms with E-state index in [4.69, 9.17) is 20.8 Å². The highest BCUT2D eigenvalue weighted by Gasteiger charge is 2.47. The number of hydrogen-bond donors (Lipinski definition) is 2. The number of phenols is 1. The number of methoxy groups -OCH3 is 1. The summed E-state index contributed by atoms with van der Waals surface area (Å²) in [6, 6.07) is 18.0. The molecule has 6 rings (SSSR count). The fraction of sp³-hybridized carbons (Fsp3) is 0.103. The normalized spacial score (nSPS) is 15.2. The number of thioether (sulfide) groups is 1. The standard InChI is InChI=1S/C29H19BrClN3O6S2/c1-39-20-12-16(10-18(30)24(20)35)23-22(25(36)21-11-15-4-2-3-5-19(15)40-21)26(37)27(38)34(23)28-32-33-29(42-28)41-13-14-6-8-17(31)9-7-14/h2-12,23,35,37H,13H2,1H3. The molecule has 42 heavy (non-hydrogen) atoms. The maximum absolute atomic E-state index is 13.9. The number of fused-ring (bicyclic) bond motifs is 1. The Morgan fingerprint density at radius 1 is 1.14 bits per heavy atom. The van der Waals surface area contributed by atoms with Crippen LogP contribution < -0.4 is 9.64 Å². The van der Waals surface area contributed by atoms with Crippen molar-refractivity contribution in [2.24, 2.45) is 0 Å². The molecule has 0 spiro atoms. The van der Waals surface area contributed by atoms with Gasteiger partial charge in [0.05, 0.1) is 23.2 Å². The van der Waals surface area contributed by atoms with Crippen molar-refractivity contribution in [3.8, 4) is 11.5 Å². The van der Waals surface area contributed by atoms with E-state index in [1.165, 1.54) is 29.8 Å². The van der Waals surface area contributed by atoms with Gasteiger partial charge >= 0.3 is 0 Å². The summed E-state index contributed by atoms with van der Waals surface area (Å²) < 4.78 is 12.0. The van der Waals surface area contributed by atoms with Crippen molar-refractivity contribution in [1.82, 2.24) is 10.2 Å². The van der Waals surface area contributed by atoms with Crippen LogP contribution in [-0.4, -0.2) is 39.2 Å². The van der Waals surface area contributed by atoms with Gasteiger partial charge in [0.25, 0.3) is 5.91 Å². The summed E-state index contributed by atoms with van der Waals surface area (Å²) in [5, 5.41) is 31.5. The predicted octanol–water partition coefficient (Wildman–Crippen LogP) is 7.49. The van der Waals surface area contributed by atoms with Crippen molar-refractivity contribution in [1.29, 1.82) is 0 Å². The number of Topliss-reactive ketones (excluding diaryl/α,β-unsaturated/α-hetero) is 1. The molecule has 2 aromatic heterocycles. The molecule has 3 heterocycles. The van der Waals surface area contributed by atoms with Crippen LogP contribution in [0.15, 0.2) is 91.3 Å². The Bertz CT molecular complexity index is 1860. The van der Waals surface area contributed by atoms with Crippen LogP contribution in [0.1, 0.15) is 27.7 Å². The van der Waals surface area contributed by atoms with Crippen molar-refractivity contribution in [3.05, 3.63) is 104 Å². The fourth-order valence-electron chi connectivity index (χ4n) is 4.57. The summed E-state index contributed by atoms with van der Waals surface area (Å²) in [5.41, 5.74) is 1.68. The summed E-state index contributed by atoms with van der Waals surface area (Å²) in [6.07, 6.45) is 0. The van der Waals surface area contributed by atoms with E-state index < -0.39 is 23.5 Å². The molecule has 9 nitrogen and oxygen atoms in total. The lowest BCUT2D eigenvalue weighted by atomic mass is 9.95. The quantitative estimate of drug-likeness (QED) is 0.0971. The first-order valence-corrected chi connectivity index (χ1v) is 15.3. The van der Waals surface area contributed by atoms with Crippen molar-refractivity contribution in [2.45, 2.75) is 16.1 Å². The molecule has 3 aromatic carbocycles. The van der Waals surface area contributed by atoms with E-state index in [0.29, 0.717) is 31.6 Å². The number of carbonyl (C=O) groups is 2. The van der Waals surface area contributed by atoms with Gasteiger partial charge < -0.3 is 19.4 Å². The number of para-hydroxylation sites is 1. The molecule has 0 radical (unpaired) electrons. The van der Waals surface area contributed by atoms with Crippen LogP contribution in [0.2, 0.25) is 5.02 Å². The minimum absolute atomic E-state index is 0.0429. The minimum atomic E-state index is -1.13. The molecule has 1 unspecified atom stereocenters. The molecule has 0 bridgehead atoms. The smallest absolute Gasteiger partial charge is 0.296 e. The maximum Gasteiger partial charge on any atom is 0.296 e. The maximum atomic E-state index is 13.9. The number of halogens is 2. The Hall–Kier alpha value is -3.84. The Morgan fingerprint density at radius 2 is 1.90 bits per heavy atom. The molecule has 1 atom stereocenters. The van der Waals surface area contributed by atoms with Crippen molar-refractivity contribution in [3.63, 3.8) is 0 Å². The SMILES string of the molecule is COc1cc(C2C(C(=O)c3cc4ccccc4o3)=C(O)C(=O)N2c2nnc(SCc3ccc(Cl)cc3)s2)cc(Br)c1O. The number of carbonyl (C=O) groups excluding carboxylic acids is 2. The molecule has 1 aliphatic heterocycles. The Kier molecular flexibility index (Phi) is 7.71. The van der Waals surface area contributed by atoms with Crippen molar-refractivity contribution in [2.75, 3.05) is 12.0 Å². The molecule has 1 amide bonds. The van der Waals surface area contributed by atoms with Crippen LogP contribution >= 0.6 is 50.6 Å². The van der Waals surface area contributed by atoms with Gasteiger partial charge in [-0.1, -0.05) is 65.0 Å². The van der Waals surface area contributed by atoms with E-state index in [1.54, 1.807) is 42.5 Å². The van der Waals surface area contributed by atoms with Gasteiger partial charge in [0, 0.05) is 16.2 Å². The number of aromatic nitrogens is 2. The average molecular weight is 685 g/mol. The number of benzene rings is 3. The number of rotatable bonds is 8. The van der Waals surface area contributed by atoms with Crippen molar-refractivity contribution < 1.29 is 29.0 Å². The molecular weight excluding hydrogens is 666 g/mol. The number of ether oxygens (including phenoxy) is 1. The lowest BCUT2D eigenvalue weighted by Gasteiger charge is -2.24. The van der Waals surface area contributed by atoms with Gasteiger partial charge in [-0.15, -0.1) is 10.2 Å². The zero-order chi connectivity index (χ0) is 29.5. The molecule has 212 valence electrons. The van der Waals surface area contributed by atoms with Gasteiger partial charge in [0.15, 0.2) is 27.4 Å². The fourth-order valence-corrected chi connectivity index (χ4v) is 6.98. The first kappa shape index (κ1) is 28.3. The number of phenolic OH excluding ortho intramolecular Hbond substituents is 1. The first-order chi connectivity index (χ1) is 20.2. The molecule has 2 N–H and O–H groups in total. The third-order valence-corrected chi connectivity index (χ3v) is 9.55. The van der Waals surface area contributed by atoms with E-state index in [2.05, 4.69) is 26.1 Å². The van der Waals surface area contributed by atoms with Crippen LogP contribution in [0.3, 0.4) is 0 Å². The van der Waals surface area contributed by atoms with E-state index in [1.807, 2.05) is 18.2 Å². The number of furan rings is 1. The van der Waals surface area contributed by atoms with E-state index in [9.17, 15) is 19.8 Å². The Balaban J connectivity index is 1.40. The minimum Gasteiger partial charge on any atom is -0.503 e. The number of aliphatic hydroxyl groups is 1. The summed E-state index contributed by atoms with van der Waals surface area (Å²) in [4.78, 5) is 28.7. The summed E-state index contributed by atoms with van der Waals surface area (Å²) in [6.45, 7) is 0. The third-order valence-electron chi connectivity index (χ3n) is 6.57. The summed E-state index contributed by atoms with van der Waals surface area (Å²) >= 11 is 11.9. The van der Waals surface area contributed by atoms with Gasteiger partial charge in [-0.2, -0.15) is 0 Å². The van der Waals surface area contributed by atoms with Crippen LogP contribution in [0, 0.1) is 0 Å². The third kappa shape index (κ3) is 5.15. The van der Waals surface area contributed by atoms with Crippen LogP contribution in [-0.2, 0) is 10.5 Å². The zero-order valence-electron chi connectivity index (χ0n) is 21.6. The van der Waals surface area contributed by atoms with Gasteiger partial charge in [-0.05, 0) is 63.5 Å². The van der Waals surface area contributed by atoms with Gasteiger partial charge in [0.2, 0.25) is 10.9 Å². The Morgan fingerprint density at radius 3 is 2.64 bits per heavy atom. The lowest BCUT2D eigenvalue weighted by molar-refractivity contribution is -0.117. The highest BCUT2D eigenvalue weighted by Crippen LogP contribution is 2.47. The van der Waals surface area contributed by atoms with E-state index in [-0.39, 0.29) is 32.4 Å². The van der Waals surface area contributed by atoms with Crippen LogP contribution in [0.25, 0.3) is 11.0 Å². The second-order valence-electron chi connectivity index (χ2n) is 9.14. The number of hydrogen-bond acceptors (Lipinski definition) is 10. The van der Waals surface area contributed by atoms with Crippen molar-refractivity contribution >= 4 is 78.4 Å². The number of anilines is 1. The predicted molar refractivity (Wildman–Crippen MR) is 164 cm³/mol. The summed E-state index contributed by atoms with van der Waals surface area (Å²) in [7, 11) is 1.38. The molecule has 0 saturated heterocycles. The lowest BCUT2D eigenvalue weighted by Crippen LogP contribution is -2.31. The number of nitrogens with zero attached hydrogens (tertiary/aromatic N) is 3. The first-order valence-electron chi connectivity index (χ1n) is 12.3. The average Bonchev–Trinajstić information content (AvgIpc) is 3.70. The van der Waals surface area contributed by atoms with E-state index >= 15 is 0 Å². The van der Waals surface area contributed by atoms with Crippen LogP contribution in [0.4, 0.5) is 5.13 Å². The second kappa shape index (κ2) is 11.4. The molecular formula is C29H19BrClN3O6S2. The van der Waals surface area contributed by atoms with Gasteiger partial charge in [0.1, 0.15) is 5.58 Å². The molecule has 0 saturated carbocycles. The van der Waals surface area contributed by atoms with Crippen LogP contribution in [0.5, 0.6) is 11.5 Å². The Labute approximate surface area is 260 Å². The topological polar surface area (TPSA) is 126 Å². The number of aliphatic hydroxyl groups excluding tert-OH is 1. The zero-order valence-corrected chi connectivity index (χ0v) is 25.6. The molecule has 13 heteroatoms. The highest BCUT2D eigenvalue weighted by atomic mass is 79.9. The highest BCUT2D eigenvalue weighted by molar-refractivity contribution is 9.10. The van der Waals surface area contributed by atoms with Gasteiger partial charge in [-0.25, -0.2) is 0 Å². The molecule has 0 aliphatic carbocycles. The number of aromatic hydroxyl groups is 1.